The normalized spacial score (nSPS) is 33.1. The molecule has 1 aliphatic carbocycles. The predicted octanol–water partition coefficient (Wildman–Crippen LogP) is 6.85. The summed E-state index contributed by atoms with van der Waals surface area (Å²) in [5.74, 6) is 1.46. The minimum Gasteiger partial charge on any atom is -0.295 e. The first-order valence-electron chi connectivity index (χ1n) is 12.3. The molecule has 4 atom stereocenters. The van der Waals surface area contributed by atoms with Crippen LogP contribution in [0, 0.1) is 11.8 Å². The van der Waals surface area contributed by atoms with Crippen molar-refractivity contribution in [3.05, 3.63) is 28.5 Å². The fraction of sp³-hybridized carbons (Fsp3) is 0.692. The van der Waals surface area contributed by atoms with E-state index in [1.807, 2.05) is 11.3 Å². The molecule has 164 valence electrons. The van der Waals surface area contributed by atoms with Gasteiger partial charge in [0.25, 0.3) is 0 Å². The largest absolute Gasteiger partial charge is 0.295 e. The molecule has 1 aromatic heterocycles. The maximum atomic E-state index is 5.27. The van der Waals surface area contributed by atoms with E-state index in [0.717, 1.165) is 18.8 Å². The van der Waals surface area contributed by atoms with Crippen LogP contribution in [0.3, 0.4) is 0 Å². The molecule has 0 spiro atoms. The Morgan fingerprint density at radius 1 is 1.03 bits per heavy atom. The van der Waals surface area contributed by atoms with Gasteiger partial charge in [-0.25, -0.2) is 0 Å². The Hall–Kier alpha value is -1.26. The van der Waals surface area contributed by atoms with Gasteiger partial charge >= 0.3 is 0 Å². The van der Waals surface area contributed by atoms with Gasteiger partial charge in [-0.1, -0.05) is 52.2 Å². The Balaban J connectivity index is 1.67. The van der Waals surface area contributed by atoms with Gasteiger partial charge in [0.15, 0.2) is 0 Å². The van der Waals surface area contributed by atoms with Crippen molar-refractivity contribution in [1.29, 1.82) is 0 Å². The lowest BCUT2D eigenvalue weighted by Gasteiger charge is -2.34. The number of fused-ring (bicyclic) bond motifs is 1. The molecule has 1 fully saturated rings. The zero-order valence-electron chi connectivity index (χ0n) is 19.1. The molecule has 1 aromatic rings. The first kappa shape index (κ1) is 22.0. The second kappa shape index (κ2) is 10.4. The van der Waals surface area contributed by atoms with E-state index in [4.69, 9.17) is 9.98 Å². The van der Waals surface area contributed by atoms with E-state index in [9.17, 15) is 0 Å². The highest BCUT2D eigenvalue weighted by atomic mass is 32.1. The summed E-state index contributed by atoms with van der Waals surface area (Å²) < 4.78 is 0. The van der Waals surface area contributed by atoms with Crippen molar-refractivity contribution in [2.75, 3.05) is 13.1 Å². The van der Waals surface area contributed by atoms with Crippen LogP contribution in [-0.2, 0) is 0 Å². The SMILES string of the molecule is CCCC1N=C2C(=N1)C(N1CCCCC(C)CCC1)CCC(C)/C=C\2c1cccs1. The standard InChI is InChI=1S/C26H39N3S/c1-4-9-24-27-25-21(23-12-8-17-30-23)18-20(3)13-14-22(26(25)28-24)29-15-6-5-10-19(2)11-7-16-29/h8,12,17-20,22,24H,4-7,9-11,13-16H2,1-3H3/b21-18-. The summed E-state index contributed by atoms with van der Waals surface area (Å²) in [5, 5.41) is 2.19. The molecular weight excluding hydrogens is 386 g/mol. The summed E-state index contributed by atoms with van der Waals surface area (Å²) in [6.07, 6.45) is 14.0. The lowest BCUT2D eigenvalue weighted by molar-refractivity contribution is 0.223. The zero-order valence-corrected chi connectivity index (χ0v) is 20.0. The van der Waals surface area contributed by atoms with E-state index in [0.29, 0.717) is 12.0 Å². The topological polar surface area (TPSA) is 28.0 Å². The van der Waals surface area contributed by atoms with E-state index >= 15 is 0 Å². The fourth-order valence-corrected chi connectivity index (χ4v) is 6.07. The third kappa shape index (κ3) is 5.13. The minimum absolute atomic E-state index is 0.122. The van der Waals surface area contributed by atoms with Crippen LogP contribution in [0.15, 0.2) is 33.6 Å². The Kier molecular flexibility index (Phi) is 7.59. The first-order chi connectivity index (χ1) is 14.7. The molecule has 3 heterocycles. The van der Waals surface area contributed by atoms with Gasteiger partial charge < -0.3 is 0 Å². The number of allylic oxidation sites excluding steroid dienone is 2. The number of thiophene rings is 1. The summed E-state index contributed by atoms with van der Waals surface area (Å²) in [6, 6.07) is 4.86. The van der Waals surface area contributed by atoms with Crippen molar-refractivity contribution in [2.24, 2.45) is 21.8 Å². The van der Waals surface area contributed by atoms with E-state index in [2.05, 4.69) is 49.3 Å². The quantitative estimate of drug-likeness (QED) is 0.518. The molecule has 4 rings (SSSR count). The Morgan fingerprint density at radius 3 is 2.67 bits per heavy atom. The third-order valence-corrected chi connectivity index (χ3v) is 7.94. The van der Waals surface area contributed by atoms with Crippen molar-refractivity contribution < 1.29 is 0 Å². The molecule has 30 heavy (non-hydrogen) atoms. The molecule has 0 radical (unpaired) electrons. The van der Waals surface area contributed by atoms with Crippen LogP contribution in [0.2, 0.25) is 0 Å². The molecule has 0 bridgehead atoms. The molecular formula is C26H39N3S. The molecule has 0 saturated carbocycles. The number of hydrogen-bond acceptors (Lipinski definition) is 4. The number of nitrogens with zero attached hydrogens (tertiary/aromatic N) is 3. The van der Waals surface area contributed by atoms with Crippen LogP contribution in [0.4, 0.5) is 0 Å². The van der Waals surface area contributed by atoms with Crippen LogP contribution >= 0.6 is 11.3 Å². The summed E-state index contributed by atoms with van der Waals surface area (Å²) in [6.45, 7) is 9.50. The summed E-state index contributed by atoms with van der Waals surface area (Å²) >= 11 is 1.84. The minimum atomic E-state index is 0.122. The van der Waals surface area contributed by atoms with E-state index in [1.54, 1.807) is 0 Å². The smallest absolute Gasteiger partial charge is 0.140 e. The molecule has 4 heteroatoms. The van der Waals surface area contributed by atoms with Gasteiger partial charge in [-0.2, -0.15) is 0 Å². The zero-order chi connectivity index (χ0) is 20.9. The number of rotatable bonds is 4. The number of hydrogen-bond donors (Lipinski definition) is 0. The first-order valence-corrected chi connectivity index (χ1v) is 13.2. The van der Waals surface area contributed by atoms with Crippen molar-refractivity contribution in [3.63, 3.8) is 0 Å². The Bertz CT molecular complexity index is 776. The van der Waals surface area contributed by atoms with Crippen LogP contribution in [0.25, 0.3) is 5.57 Å². The third-order valence-electron chi connectivity index (χ3n) is 7.04. The molecule has 0 aromatic carbocycles. The van der Waals surface area contributed by atoms with Crippen LogP contribution in [0.1, 0.15) is 83.4 Å². The maximum absolute atomic E-state index is 5.27. The summed E-state index contributed by atoms with van der Waals surface area (Å²) in [5.41, 5.74) is 3.85. The molecule has 2 aliphatic heterocycles. The van der Waals surface area contributed by atoms with Gasteiger partial charge in [0.2, 0.25) is 0 Å². The van der Waals surface area contributed by atoms with Gasteiger partial charge in [0.05, 0.1) is 17.5 Å². The second-order valence-corrected chi connectivity index (χ2v) is 10.6. The van der Waals surface area contributed by atoms with Gasteiger partial charge in [-0.05, 0) is 74.9 Å². The molecule has 3 aliphatic rings. The highest BCUT2D eigenvalue weighted by Crippen LogP contribution is 2.34. The maximum Gasteiger partial charge on any atom is 0.140 e. The monoisotopic (exact) mass is 425 g/mol. The second-order valence-electron chi connectivity index (χ2n) is 9.67. The van der Waals surface area contributed by atoms with Crippen molar-refractivity contribution >= 4 is 28.3 Å². The highest BCUT2D eigenvalue weighted by Gasteiger charge is 2.35. The Morgan fingerprint density at radius 2 is 1.87 bits per heavy atom. The van der Waals surface area contributed by atoms with E-state index in [1.165, 1.54) is 79.9 Å². The van der Waals surface area contributed by atoms with Crippen LogP contribution < -0.4 is 0 Å². The lowest BCUT2D eigenvalue weighted by atomic mass is 9.86. The van der Waals surface area contributed by atoms with Crippen LogP contribution in [-0.4, -0.2) is 41.6 Å². The van der Waals surface area contributed by atoms with Crippen LogP contribution in [0.5, 0.6) is 0 Å². The lowest BCUT2D eigenvalue weighted by Crippen LogP contribution is -2.45. The highest BCUT2D eigenvalue weighted by molar-refractivity contribution is 7.11. The average Bonchev–Trinajstić information content (AvgIpc) is 3.39. The summed E-state index contributed by atoms with van der Waals surface area (Å²) in [4.78, 5) is 14.6. The van der Waals surface area contributed by atoms with Crippen molar-refractivity contribution in [1.82, 2.24) is 4.90 Å². The molecule has 0 amide bonds. The van der Waals surface area contributed by atoms with Gasteiger partial charge in [-0.3, -0.25) is 14.9 Å². The molecule has 0 N–H and O–H groups in total. The molecule has 3 nitrogen and oxygen atoms in total. The molecule has 4 unspecified atom stereocenters. The fourth-order valence-electron chi connectivity index (χ4n) is 5.31. The van der Waals surface area contributed by atoms with Crippen molar-refractivity contribution in [3.8, 4) is 0 Å². The van der Waals surface area contributed by atoms with Crippen molar-refractivity contribution in [2.45, 2.75) is 90.8 Å². The molecule has 1 saturated heterocycles. The predicted molar refractivity (Wildman–Crippen MR) is 132 cm³/mol. The average molecular weight is 426 g/mol. The van der Waals surface area contributed by atoms with E-state index < -0.39 is 0 Å². The van der Waals surface area contributed by atoms with Gasteiger partial charge in [-0.15, -0.1) is 11.3 Å². The van der Waals surface area contributed by atoms with Gasteiger partial charge in [0.1, 0.15) is 6.17 Å². The summed E-state index contributed by atoms with van der Waals surface area (Å²) in [7, 11) is 0. The Labute approximate surface area is 187 Å². The van der Waals surface area contributed by atoms with E-state index in [-0.39, 0.29) is 6.17 Å². The van der Waals surface area contributed by atoms with Gasteiger partial charge in [0, 0.05) is 10.5 Å². The number of aliphatic imine (C=N–C) groups is 2.